The van der Waals surface area contributed by atoms with E-state index in [2.05, 4.69) is 16.0 Å². The Balaban J connectivity index is 0.00000225. The van der Waals surface area contributed by atoms with E-state index in [0.717, 1.165) is 18.1 Å². The molecule has 0 bridgehead atoms. The van der Waals surface area contributed by atoms with Gasteiger partial charge in [0.2, 0.25) is 5.91 Å². The maximum atomic E-state index is 12.3. The van der Waals surface area contributed by atoms with E-state index < -0.39 is 0 Å². The van der Waals surface area contributed by atoms with E-state index in [1.54, 1.807) is 18.2 Å². The molecule has 2 aromatic rings. The van der Waals surface area contributed by atoms with Crippen molar-refractivity contribution in [2.45, 2.75) is 12.5 Å². The SMILES string of the molecule is Cl.O=C(CC1CSCCN1)Nc1ccccc1NC(=O)c1cccs1. The van der Waals surface area contributed by atoms with Crippen molar-refractivity contribution in [3.05, 3.63) is 46.7 Å². The number of hydrogen-bond donors (Lipinski definition) is 3. The van der Waals surface area contributed by atoms with Gasteiger partial charge in [0.05, 0.1) is 16.3 Å². The van der Waals surface area contributed by atoms with Crippen LogP contribution in [0, 0.1) is 0 Å². The highest BCUT2D eigenvalue weighted by molar-refractivity contribution is 7.99. The summed E-state index contributed by atoms with van der Waals surface area (Å²) in [6.45, 7) is 0.941. The van der Waals surface area contributed by atoms with Gasteiger partial charge in [-0.25, -0.2) is 0 Å². The van der Waals surface area contributed by atoms with Gasteiger partial charge >= 0.3 is 0 Å². The van der Waals surface area contributed by atoms with Crippen LogP contribution in [-0.4, -0.2) is 35.9 Å². The lowest BCUT2D eigenvalue weighted by Gasteiger charge is -2.22. The molecule has 0 radical (unpaired) electrons. The van der Waals surface area contributed by atoms with E-state index in [9.17, 15) is 9.59 Å². The van der Waals surface area contributed by atoms with E-state index in [4.69, 9.17) is 0 Å². The van der Waals surface area contributed by atoms with Crippen molar-refractivity contribution in [2.75, 3.05) is 28.7 Å². The molecule has 1 aliphatic rings. The van der Waals surface area contributed by atoms with E-state index in [0.29, 0.717) is 22.7 Å². The molecule has 1 aromatic heterocycles. The van der Waals surface area contributed by atoms with Gasteiger partial charge < -0.3 is 16.0 Å². The van der Waals surface area contributed by atoms with Crippen molar-refractivity contribution in [1.29, 1.82) is 0 Å². The number of carbonyl (C=O) groups excluding carboxylic acids is 2. The molecule has 1 aliphatic heterocycles. The summed E-state index contributed by atoms with van der Waals surface area (Å²) < 4.78 is 0. The largest absolute Gasteiger partial charge is 0.324 e. The van der Waals surface area contributed by atoms with Crippen LogP contribution < -0.4 is 16.0 Å². The zero-order valence-electron chi connectivity index (χ0n) is 13.5. The fourth-order valence-corrected chi connectivity index (χ4v) is 4.04. The predicted octanol–water partition coefficient (Wildman–Crippen LogP) is 3.46. The highest BCUT2D eigenvalue weighted by Crippen LogP contribution is 2.23. The highest BCUT2D eigenvalue weighted by Gasteiger charge is 2.18. The quantitative estimate of drug-likeness (QED) is 0.722. The Labute approximate surface area is 161 Å². The summed E-state index contributed by atoms with van der Waals surface area (Å²) in [5, 5.41) is 11.0. The van der Waals surface area contributed by atoms with Gasteiger partial charge in [-0.15, -0.1) is 23.7 Å². The number of hydrogen-bond acceptors (Lipinski definition) is 5. The Morgan fingerprint density at radius 2 is 1.88 bits per heavy atom. The zero-order chi connectivity index (χ0) is 16.8. The Kier molecular flexibility index (Phi) is 7.77. The summed E-state index contributed by atoms with van der Waals surface area (Å²) in [6, 6.07) is 11.1. The molecule has 8 heteroatoms. The van der Waals surface area contributed by atoms with Crippen LogP contribution in [0.15, 0.2) is 41.8 Å². The molecule has 134 valence electrons. The maximum absolute atomic E-state index is 12.3. The van der Waals surface area contributed by atoms with Crippen LogP contribution in [0.3, 0.4) is 0 Å². The molecule has 3 N–H and O–H groups in total. The molecule has 2 amide bonds. The normalized spacial score (nSPS) is 16.6. The van der Waals surface area contributed by atoms with Crippen molar-refractivity contribution in [3.63, 3.8) is 0 Å². The van der Waals surface area contributed by atoms with E-state index >= 15 is 0 Å². The first-order valence-electron chi connectivity index (χ1n) is 7.77. The summed E-state index contributed by atoms with van der Waals surface area (Å²) in [7, 11) is 0. The molecule has 3 rings (SSSR count). The van der Waals surface area contributed by atoms with Crippen LogP contribution >= 0.6 is 35.5 Å². The molecule has 0 spiro atoms. The summed E-state index contributed by atoms with van der Waals surface area (Å²) in [5.41, 5.74) is 1.23. The number of amides is 2. The standard InChI is InChI=1S/C17H19N3O2S2.ClH/c21-16(10-12-11-23-9-7-18-12)19-13-4-1-2-5-14(13)20-17(22)15-6-3-8-24-15;/h1-6,8,12,18H,7,9-11H2,(H,19,21)(H,20,22);1H. The lowest BCUT2D eigenvalue weighted by Crippen LogP contribution is -2.39. The third-order valence-electron chi connectivity index (χ3n) is 3.62. The van der Waals surface area contributed by atoms with Crippen LogP contribution in [0.5, 0.6) is 0 Å². The Hall–Kier alpha value is -1.54. The molecule has 1 atom stereocenters. The van der Waals surface area contributed by atoms with E-state index in [1.807, 2.05) is 35.3 Å². The zero-order valence-corrected chi connectivity index (χ0v) is 15.9. The van der Waals surface area contributed by atoms with Gasteiger partial charge in [0, 0.05) is 30.5 Å². The molecular formula is C17H20ClN3O2S2. The molecule has 1 unspecified atom stereocenters. The molecule has 1 fully saturated rings. The second-order valence-electron chi connectivity index (χ2n) is 5.46. The van der Waals surface area contributed by atoms with E-state index in [-0.39, 0.29) is 30.3 Å². The van der Waals surface area contributed by atoms with Crippen LogP contribution in [0.1, 0.15) is 16.1 Å². The fraction of sp³-hybridized carbons (Fsp3) is 0.294. The van der Waals surface area contributed by atoms with Crippen molar-refractivity contribution >= 4 is 58.7 Å². The molecule has 1 saturated heterocycles. The number of rotatable bonds is 5. The predicted molar refractivity (Wildman–Crippen MR) is 108 cm³/mol. The van der Waals surface area contributed by atoms with Gasteiger partial charge in [0.1, 0.15) is 0 Å². The molecule has 0 saturated carbocycles. The average Bonchev–Trinajstić information content (AvgIpc) is 3.12. The van der Waals surface area contributed by atoms with Crippen LogP contribution in [0.2, 0.25) is 0 Å². The topological polar surface area (TPSA) is 70.2 Å². The van der Waals surface area contributed by atoms with Gasteiger partial charge in [-0.3, -0.25) is 9.59 Å². The van der Waals surface area contributed by atoms with Gasteiger partial charge in [-0.1, -0.05) is 18.2 Å². The van der Waals surface area contributed by atoms with Crippen LogP contribution in [0.4, 0.5) is 11.4 Å². The van der Waals surface area contributed by atoms with Crippen molar-refractivity contribution in [1.82, 2.24) is 5.32 Å². The van der Waals surface area contributed by atoms with Crippen LogP contribution in [-0.2, 0) is 4.79 Å². The molecule has 1 aromatic carbocycles. The van der Waals surface area contributed by atoms with Crippen molar-refractivity contribution in [2.24, 2.45) is 0 Å². The van der Waals surface area contributed by atoms with Gasteiger partial charge in [-0.2, -0.15) is 11.8 Å². The minimum absolute atomic E-state index is 0. The summed E-state index contributed by atoms with van der Waals surface area (Å²) >= 11 is 3.25. The summed E-state index contributed by atoms with van der Waals surface area (Å²) in [4.78, 5) is 25.1. The highest BCUT2D eigenvalue weighted by atomic mass is 35.5. The molecule has 5 nitrogen and oxygen atoms in total. The number of thioether (sulfide) groups is 1. The third kappa shape index (κ3) is 5.74. The monoisotopic (exact) mass is 397 g/mol. The molecule has 2 heterocycles. The molecular weight excluding hydrogens is 378 g/mol. The summed E-state index contributed by atoms with van der Waals surface area (Å²) in [5.74, 6) is 1.82. The smallest absolute Gasteiger partial charge is 0.265 e. The first kappa shape index (κ1) is 19.8. The number of anilines is 2. The lowest BCUT2D eigenvalue weighted by molar-refractivity contribution is -0.116. The molecule has 0 aliphatic carbocycles. The van der Waals surface area contributed by atoms with E-state index in [1.165, 1.54) is 11.3 Å². The Morgan fingerprint density at radius 3 is 2.52 bits per heavy atom. The Bertz CT molecular complexity index is 704. The minimum atomic E-state index is -0.169. The first-order chi connectivity index (χ1) is 11.7. The number of thiophene rings is 1. The van der Waals surface area contributed by atoms with Gasteiger partial charge in [0.15, 0.2) is 0 Å². The summed E-state index contributed by atoms with van der Waals surface area (Å²) in [6.07, 6.45) is 0.431. The number of benzene rings is 1. The van der Waals surface area contributed by atoms with Crippen molar-refractivity contribution in [3.8, 4) is 0 Å². The van der Waals surface area contributed by atoms with Crippen LogP contribution in [0.25, 0.3) is 0 Å². The minimum Gasteiger partial charge on any atom is -0.324 e. The lowest BCUT2D eigenvalue weighted by atomic mass is 10.2. The third-order valence-corrected chi connectivity index (χ3v) is 5.62. The number of carbonyl (C=O) groups is 2. The maximum Gasteiger partial charge on any atom is 0.265 e. The fourth-order valence-electron chi connectivity index (χ4n) is 2.47. The number of para-hydroxylation sites is 2. The number of nitrogens with one attached hydrogen (secondary N) is 3. The number of halogens is 1. The first-order valence-corrected chi connectivity index (χ1v) is 9.80. The van der Waals surface area contributed by atoms with Gasteiger partial charge in [-0.05, 0) is 23.6 Å². The Morgan fingerprint density at radius 1 is 1.12 bits per heavy atom. The second kappa shape index (κ2) is 9.82. The van der Waals surface area contributed by atoms with Crippen molar-refractivity contribution < 1.29 is 9.59 Å². The molecule has 25 heavy (non-hydrogen) atoms. The average molecular weight is 398 g/mol. The second-order valence-corrected chi connectivity index (χ2v) is 7.55. The van der Waals surface area contributed by atoms with Gasteiger partial charge in [0.25, 0.3) is 5.91 Å².